The van der Waals surface area contributed by atoms with E-state index in [2.05, 4.69) is 0 Å². The van der Waals surface area contributed by atoms with Gasteiger partial charge in [-0.15, -0.1) is 11.3 Å². The van der Waals surface area contributed by atoms with Crippen molar-refractivity contribution in [3.8, 4) is 0 Å². The van der Waals surface area contributed by atoms with E-state index in [0.29, 0.717) is 13.1 Å². The SMILES string of the molecule is CN1OCC(S(=O)(=O)N2CCCC2)C1c1cccs1. The summed E-state index contributed by atoms with van der Waals surface area (Å²) >= 11 is 1.58. The Morgan fingerprint density at radius 3 is 2.74 bits per heavy atom. The number of sulfonamides is 1. The zero-order valence-electron chi connectivity index (χ0n) is 10.9. The van der Waals surface area contributed by atoms with Crippen LogP contribution in [0.5, 0.6) is 0 Å². The van der Waals surface area contributed by atoms with Crippen LogP contribution in [0.15, 0.2) is 17.5 Å². The summed E-state index contributed by atoms with van der Waals surface area (Å²) in [5.41, 5.74) is 0. The molecule has 3 rings (SSSR count). The van der Waals surface area contributed by atoms with Gasteiger partial charge in [-0.3, -0.25) is 4.84 Å². The van der Waals surface area contributed by atoms with E-state index in [1.54, 1.807) is 20.7 Å². The maximum atomic E-state index is 12.7. The molecule has 19 heavy (non-hydrogen) atoms. The molecular formula is C12H18N2O3S2. The summed E-state index contributed by atoms with van der Waals surface area (Å²) in [4.78, 5) is 6.53. The second-order valence-corrected chi connectivity index (χ2v) is 8.12. The molecule has 3 heterocycles. The molecule has 0 bridgehead atoms. The van der Waals surface area contributed by atoms with Crippen molar-refractivity contribution in [3.63, 3.8) is 0 Å². The fourth-order valence-electron chi connectivity index (χ4n) is 2.80. The first kappa shape index (κ1) is 13.5. The highest BCUT2D eigenvalue weighted by atomic mass is 32.2. The van der Waals surface area contributed by atoms with Crippen molar-refractivity contribution in [1.29, 1.82) is 0 Å². The van der Waals surface area contributed by atoms with Crippen molar-refractivity contribution in [2.75, 3.05) is 26.7 Å². The Morgan fingerprint density at radius 1 is 1.37 bits per heavy atom. The molecule has 2 saturated heterocycles. The van der Waals surface area contributed by atoms with Gasteiger partial charge in [0.05, 0.1) is 12.6 Å². The summed E-state index contributed by atoms with van der Waals surface area (Å²) in [6.07, 6.45) is 1.93. The topological polar surface area (TPSA) is 49.9 Å². The fourth-order valence-corrected chi connectivity index (χ4v) is 5.84. The van der Waals surface area contributed by atoms with E-state index in [9.17, 15) is 8.42 Å². The van der Waals surface area contributed by atoms with Crippen molar-refractivity contribution in [2.24, 2.45) is 0 Å². The third-order valence-electron chi connectivity index (χ3n) is 3.83. The molecule has 2 aliphatic heterocycles. The summed E-state index contributed by atoms with van der Waals surface area (Å²) in [6, 6.07) is 3.74. The molecule has 0 spiro atoms. The van der Waals surface area contributed by atoms with E-state index in [4.69, 9.17) is 4.84 Å². The summed E-state index contributed by atoms with van der Waals surface area (Å²) in [7, 11) is -1.46. The Labute approximate surface area is 117 Å². The molecule has 2 aliphatic rings. The van der Waals surface area contributed by atoms with Gasteiger partial charge in [-0.05, 0) is 24.3 Å². The first-order valence-electron chi connectivity index (χ1n) is 6.49. The zero-order chi connectivity index (χ0) is 13.5. The number of rotatable bonds is 3. The van der Waals surface area contributed by atoms with Crippen LogP contribution in [0.2, 0.25) is 0 Å². The van der Waals surface area contributed by atoms with Crippen LogP contribution in [-0.4, -0.2) is 49.8 Å². The molecule has 2 fully saturated rings. The van der Waals surface area contributed by atoms with Gasteiger partial charge in [0, 0.05) is 25.0 Å². The van der Waals surface area contributed by atoms with E-state index in [1.165, 1.54) is 0 Å². The minimum absolute atomic E-state index is 0.189. The lowest BCUT2D eigenvalue weighted by Gasteiger charge is -2.25. The van der Waals surface area contributed by atoms with Gasteiger partial charge in [0.15, 0.2) is 0 Å². The van der Waals surface area contributed by atoms with Crippen LogP contribution in [0.25, 0.3) is 0 Å². The van der Waals surface area contributed by atoms with Gasteiger partial charge in [-0.2, -0.15) is 5.06 Å². The van der Waals surface area contributed by atoms with Crippen LogP contribution in [0.3, 0.4) is 0 Å². The van der Waals surface area contributed by atoms with Gasteiger partial charge in [-0.1, -0.05) is 6.07 Å². The van der Waals surface area contributed by atoms with Gasteiger partial charge in [0.2, 0.25) is 10.0 Å². The van der Waals surface area contributed by atoms with Gasteiger partial charge in [-0.25, -0.2) is 12.7 Å². The summed E-state index contributed by atoms with van der Waals surface area (Å²) in [5, 5.41) is 3.17. The summed E-state index contributed by atoms with van der Waals surface area (Å²) in [5.74, 6) is 0. The average Bonchev–Trinajstić information content (AvgIpc) is 3.10. The van der Waals surface area contributed by atoms with Gasteiger partial charge < -0.3 is 0 Å². The molecule has 0 radical (unpaired) electrons. The normalized spacial score (nSPS) is 30.2. The van der Waals surface area contributed by atoms with Crippen LogP contribution >= 0.6 is 11.3 Å². The predicted molar refractivity (Wildman–Crippen MR) is 74.3 cm³/mol. The standard InChI is InChI=1S/C12H18N2O3S2/c1-13-12(10-5-4-8-18-10)11(9-17-13)19(15,16)14-6-2-3-7-14/h4-5,8,11-12H,2-3,6-7,9H2,1H3. The monoisotopic (exact) mass is 302 g/mol. The van der Waals surface area contributed by atoms with E-state index in [1.807, 2.05) is 24.6 Å². The highest BCUT2D eigenvalue weighted by Crippen LogP contribution is 2.37. The predicted octanol–water partition coefficient (Wildman–Crippen LogP) is 1.46. The maximum absolute atomic E-state index is 12.7. The van der Waals surface area contributed by atoms with Gasteiger partial charge in [0.25, 0.3) is 0 Å². The Morgan fingerprint density at radius 2 is 2.11 bits per heavy atom. The summed E-state index contributed by atoms with van der Waals surface area (Å²) < 4.78 is 27.0. The van der Waals surface area contributed by atoms with E-state index >= 15 is 0 Å². The van der Waals surface area contributed by atoms with Crippen LogP contribution < -0.4 is 0 Å². The molecule has 5 nitrogen and oxygen atoms in total. The molecule has 0 aromatic carbocycles. The number of hydroxylamine groups is 2. The molecule has 0 aliphatic carbocycles. The third kappa shape index (κ3) is 2.34. The first-order valence-corrected chi connectivity index (χ1v) is 8.87. The second kappa shape index (κ2) is 5.14. The largest absolute Gasteiger partial charge is 0.297 e. The fraction of sp³-hybridized carbons (Fsp3) is 0.667. The van der Waals surface area contributed by atoms with Crippen LogP contribution in [0, 0.1) is 0 Å². The number of hydrogen-bond acceptors (Lipinski definition) is 5. The maximum Gasteiger partial charge on any atom is 0.221 e. The molecule has 0 amide bonds. The van der Waals surface area contributed by atoms with Crippen molar-refractivity contribution >= 4 is 21.4 Å². The Kier molecular flexibility index (Phi) is 3.65. The highest BCUT2D eigenvalue weighted by molar-refractivity contribution is 7.89. The molecule has 7 heteroatoms. The highest BCUT2D eigenvalue weighted by Gasteiger charge is 2.46. The quantitative estimate of drug-likeness (QED) is 0.848. The minimum Gasteiger partial charge on any atom is -0.297 e. The molecule has 0 saturated carbocycles. The molecule has 1 aromatic heterocycles. The van der Waals surface area contributed by atoms with Crippen molar-refractivity contribution < 1.29 is 13.3 Å². The summed E-state index contributed by atoms with van der Waals surface area (Å²) in [6.45, 7) is 1.55. The lowest BCUT2D eigenvalue weighted by atomic mass is 10.2. The van der Waals surface area contributed by atoms with Gasteiger partial charge >= 0.3 is 0 Å². The van der Waals surface area contributed by atoms with Crippen molar-refractivity contribution in [3.05, 3.63) is 22.4 Å². The Hall–Kier alpha value is -0.470. The Balaban J connectivity index is 1.90. The van der Waals surface area contributed by atoms with E-state index < -0.39 is 15.3 Å². The molecule has 2 unspecified atom stereocenters. The van der Waals surface area contributed by atoms with Crippen molar-refractivity contribution in [1.82, 2.24) is 9.37 Å². The average molecular weight is 302 g/mol. The second-order valence-electron chi connectivity index (χ2n) is 4.99. The zero-order valence-corrected chi connectivity index (χ0v) is 12.5. The van der Waals surface area contributed by atoms with Crippen molar-refractivity contribution in [2.45, 2.75) is 24.1 Å². The van der Waals surface area contributed by atoms with Crippen LogP contribution in [0.4, 0.5) is 0 Å². The minimum atomic E-state index is -3.27. The molecule has 2 atom stereocenters. The first-order chi connectivity index (χ1) is 9.10. The number of nitrogens with zero attached hydrogens (tertiary/aromatic N) is 2. The van der Waals surface area contributed by atoms with E-state index in [-0.39, 0.29) is 12.6 Å². The molecule has 0 N–H and O–H groups in total. The lowest BCUT2D eigenvalue weighted by molar-refractivity contribution is -0.110. The smallest absolute Gasteiger partial charge is 0.221 e. The third-order valence-corrected chi connectivity index (χ3v) is 7.02. The van der Waals surface area contributed by atoms with Gasteiger partial charge in [0.1, 0.15) is 5.25 Å². The molecular weight excluding hydrogens is 284 g/mol. The lowest BCUT2D eigenvalue weighted by Crippen LogP contribution is -2.40. The number of thiophene rings is 1. The van der Waals surface area contributed by atoms with Crippen LogP contribution in [-0.2, 0) is 14.9 Å². The Bertz CT molecular complexity index is 523. The number of hydrogen-bond donors (Lipinski definition) is 0. The van der Waals surface area contributed by atoms with E-state index in [0.717, 1.165) is 17.7 Å². The van der Waals surface area contributed by atoms with Crippen LogP contribution in [0.1, 0.15) is 23.8 Å². The molecule has 1 aromatic rings. The molecule has 106 valence electrons.